The number of amides is 1. The Labute approximate surface area is 132 Å². The summed E-state index contributed by atoms with van der Waals surface area (Å²) in [5.41, 5.74) is 0.638. The van der Waals surface area contributed by atoms with Gasteiger partial charge in [0.15, 0.2) is 11.5 Å². The second-order valence-electron chi connectivity index (χ2n) is 5.23. The third-order valence-electron chi connectivity index (χ3n) is 3.89. The highest BCUT2D eigenvalue weighted by atomic mass is 16.5. The van der Waals surface area contributed by atoms with Crippen molar-refractivity contribution in [2.24, 2.45) is 0 Å². The van der Waals surface area contributed by atoms with E-state index in [2.05, 4.69) is 17.1 Å². The van der Waals surface area contributed by atoms with E-state index in [9.17, 15) is 4.79 Å². The fourth-order valence-electron chi connectivity index (χ4n) is 2.54. The van der Waals surface area contributed by atoms with Gasteiger partial charge >= 0.3 is 0 Å². The van der Waals surface area contributed by atoms with Gasteiger partial charge in [0.25, 0.3) is 5.91 Å². The second kappa shape index (κ2) is 7.84. The van der Waals surface area contributed by atoms with E-state index >= 15 is 0 Å². The molecule has 1 saturated heterocycles. The van der Waals surface area contributed by atoms with Gasteiger partial charge in [-0.25, -0.2) is 0 Å². The Hall–Kier alpha value is -2.01. The topological polar surface area (TPSA) is 42.0 Å². The zero-order chi connectivity index (χ0) is 15.9. The van der Waals surface area contributed by atoms with Crippen molar-refractivity contribution < 1.29 is 14.3 Å². The number of carbonyl (C=O) groups excluding carboxylic acids is 1. The summed E-state index contributed by atoms with van der Waals surface area (Å²) in [7, 11) is 3.16. The van der Waals surface area contributed by atoms with Gasteiger partial charge in [-0.05, 0) is 25.1 Å². The van der Waals surface area contributed by atoms with E-state index in [4.69, 9.17) is 9.47 Å². The smallest absolute Gasteiger partial charge is 0.254 e. The number of benzene rings is 1. The van der Waals surface area contributed by atoms with Crippen LogP contribution in [0.2, 0.25) is 0 Å². The maximum atomic E-state index is 12.6. The molecule has 0 saturated carbocycles. The molecule has 120 valence electrons. The van der Waals surface area contributed by atoms with Crippen molar-refractivity contribution in [3.05, 3.63) is 35.9 Å². The number of nitrogens with zero attached hydrogens (tertiary/aromatic N) is 2. The molecule has 0 bridgehead atoms. The maximum absolute atomic E-state index is 12.6. The van der Waals surface area contributed by atoms with Gasteiger partial charge in [-0.2, -0.15) is 0 Å². The van der Waals surface area contributed by atoms with Crippen molar-refractivity contribution in [2.45, 2.75) is 6.92 Å². The monoisotopic (exact) mass is 304 g/mol. The van der Waals surface area contributed by atoms with Crippen LogP contribution in [0.4, 0.5) is 0 Å². The predicted octanol–water partition coefficient (Wildman–Crippen LogP) is 2.04. The van der Waals surface area contributed by atoms with Crippen LogP contribution < -0.4 is 9.47 Å². The molecule has 1 fully saturated rings. The highest BCUT2D eigenvalue weighted by Gasteiger charge is 2.22. The molecule has 0 spiro atoms. The third kappa shape index (κ3) is 3.80. The van der Waals surface area contributed by atoms with Crippen molar-refractivity contribution in [1.29, 1.82) is 0 Å². The molecule has 1 amide bonds. The van der Waals surface area contributed by atoms with E-state index in [1.54, 1.807) is 32.4 Å². The molecule has 1 aromatic carbocycles. The number of hydrogen-bond acceptors (Lipinski definition) is 4. The van der Waals surface area contributed by atoms with Crippen LogP contribution in [0.25, 0.3) is 0 Å². The number of ether oxygens (including phenoxy) is 2. The summed E-state index contributed by atoms with van der Waals surface area (Å²) in [5.74, 6) is 1.27. The average molecular weight is 304 g/mol. The number of allylic oxidation sites excluding steroid dienone is 1. The molecule has 0 radical (unpaired) electrons. The number of rotatable bonds is 5. The Morgan fingerprint density at radius 3 is 2.41 bits per heavy atom. The first-order chi connectivity index (χ1) is 10.7. The molecule has 1 aliphatic rings. The minimum Gasteiger partial charge on any atom is -0.493 e. The van der Waals surface area contributed by atoms with E-state index in [1.807, 2.05) is 11.8 Å². The molecule has 0 aliphatic carbocycles. The summed E-state index contributed by atoms with van der Waals surface area (Å²) in [5, 5.41) is 0. The van der Waals surface area contributed by atoms with E-state index in [0.29, 0.717) is 17.1 Å². The van der Waals surface area contributed by atoms with Gasteiger partial charge in [0, 0.05) is 38.3 Å². The van der Waals surface area contributed by atoms with Crippen LogP contribution >= 0.6 is 0 Å². The first-order valence-corrected chi connectivity index (χ1v) is 7.54. The first-order valence-electron chi connectivity index (χ1n) is 7.54. The van der Waals surface area contributed by atoms with Crippen molar-refractivity contribution in [3.63, 3.8) is 0 Å². The molecule has 2 rings (SSSR count). The molecule has 0 atom stereocenters. The SMILES string of the molecule is C/C=C/CN1CCN(C(=O)c2ccc(OC)c(OC)c2)CC1. The molecule has 22 heavy (non-hydrogen) atoms. The summed E-state index contributed by atoms with van der Waals surface area (Å²) in [6.07, 6.45) is 4.20. The molecule has 0 unspecified atom stereocenters. The lowest BCUT2D eigenvalue weighted by atomic mass is 10.1. The number of hydrogen-bond donors (Lipinski definition) is 0. The third-order valence-corrected chi connectivity index (χ3v) is 3.89. The lowest BCUT2D eigenvalue weighted by Crippen LogP contribution is -2.48. The summed E-state index contributed by atoms with van der Waals surface area (Å²) < 4.78 is 10.5. The standard InChI is InChI=1S/C17H24N2O3/c1-4-5-8-18-9-11-19(12-10-18)17(20)14-6-7-15(21-2)16(13-14)22-3/h4-7,13H,8-12H2,1-3H3/b5-4+. The molecule has 1 aliphatic heterocycles. The lowest BCUT2D eigenvalue weighted by Gasteiger charge is -2.34. The fourth-order valence-corrected chi connectivity index (χ4v) is 2.54. The van der Waals surface area contributed by atoms with Gasteiger partial charge < -0.3 is 14.4 Å². The van der Waals surface area contributed by atoms with E-state index in [0.717, 1.165) is 32.7 Å². The normalized spacial score (nSPS) is 16.0. The van der Waals surface area contributed by atoms with Crippen LogP contribution in [0.1, 0.15) is 17.3 Å². The molecular weight excluding hydrogens is 280 g/mol. The van der Waals surface area contributed by atoms with Crippen LogP contribution in [0.15, 0.2) is 30.4 Å². The van der Waals surface area contributed by atoms with E-state index < -0.39 is 0 Å². The first kappa shape index (κ1) is 16.4. The van der Waals surface area contributed by atoms with Gasteiger partial charge in [0.2, 0.25) is 0 Å². The largest absolute Gasteiger partial charge is 0.493 e. The zero-order valence-corrected chi connectivity index (χ0v) is 13.5. The van der Waals surface area contributed by atoms with Gasteiger partial charge in [-0.3, -0.25) is 9.69 Å². The number of carbonyl (C=O) groups is 1. The highest BCUT2D eigenvalue weighted by Crippen LogP contribution is 2.28. The maximum Gasteiger partial charge on any atom is 0.254 e. The van der Waals surface area contributed by atoms with Crippen LogP contribution in [-0.4, -0.2) is 62.7 Å². The van der Waals surface area contributed by atoms with Crippen LogP contribution in [-0.2, 0) is 0 Å². The molecule has 5 nitrogen and oxygen atoms in total. The van der Waals surface area contributed by atoms with Crippen molar-refractivity contribution in [1.82, 2.24) is 9.80 Å². The summed E-state index contributed by atoms with van der Waals surface area (Å²) in [4.78, 5) is 16.8. The minimum atomic E-state index is 0.0478. The summed E-state index contributed by atoms with van der Waals surface area (Å²) in [6.45, 7) is 6.30. The van der Waals surface area contributed by atoms with Gasteiger partial charge in [0.1, 0.15) is 0 Å². The molecule has 1 heterocycles. The van der Waals surface area contributed by atoms with Crippen LogP contribution in [0, 0.1) is 0 Å². The fraction of sp³-hybridized carbons (Fsp3) is 0.471. The van der Waals surface area contributed by atoms with E-state index in [1.165, 1.54) is 0 Å². The molecular formula is C17H24N2O3. The Morgan fingerprint density at radius 1 is 1.14 bits per heavy atom. The van der Waals surface area contributed by atoms with Crippen molar-refractivity contribution in [2.75, 3.05) is 46.9 Å². The average Bonchev–Trinajstić information content (AvgIpc) is 2.59. The second-order valence-corrected chi connectivity index (χ2v) is 5.23. The molecule has 0 N–H and O–H groups in total. The van der Waals surface area contributed by atoms with E-state index in [-0.39, 0.29) is 5.91 Å². The minimum absolute atomic E-state index is 0.0478. The van der Waals surface area contributed by atoms with Gasteiger partial charge in [0.05, 0.1) is 14.2 Å². The highest BCUT2D eigenvalue weighted by molar-refractivity contribution is 5.95. The Bertz CT molecular complexity index is 535. The predicted molar refractivity (Wildman–Crippen MR) is 86.7 cm³/mol. The number of methoxy groups -OCH3 is 2. The summed E-state index contributed by atoms with van der Waals surface area (Å²) in [6, 6.07) is 5.30. The zero-order valence-electron chi connectivity index (χ0n) is 13.5. The summed E-state index contributed by atoms with van der Waals surface area (Å²) >= 11 is 0. The van der Waals surface area contributed by atoms with Crippen LogP contribution in [0.3, 0.4) is 0 Å². The van der Waals surface area contributed by atoms with Crippen LogP contribution in [0.5, 0.6) is 11.5 Å². The van der Waals surface area contributed by atoms with Crippen molar-refractivity contribution >= 4 is 5.91 Å². The molecule has 0 aromatic heterocycles. The van der Waals surface area contributed by atoms with Gasteiger partial charge in [-0.15, -0.1) is 0 Å². The Morgan fingerprint density at radius 2 is 1.82 bits per heavy atom. The Kier molecular flexibility index (Phi) is 5.83. The molecule has 1 aromatic rings. The Balaban J connectivity index is 2.00. The lowest BCUT2D eigenvalue weighted by molar-refractivity contribution is 0.0649. The quantitative estimate of drug-likeness (QED) is 0.781. The molecule has 5 heteroatoms. The van der Waals surface area contributed by atoms with Gasteiger partial charge in [-0.1, -0.05) is 12.2 Å². The van der Waals surface area contributed by atoms with Crippen molar-refractivity contribution in [3.8, 4) is 11.5 Å². The number of piperazine rings is 1.